The van der Waals surface area contributed by atoms with Gasteiger partial charge in [-0.25, -0.2) is 8.78 Å². The lowest BCUT2D eigenvalue weighted by molar-refractivity contribution is -0.137. The fourth-order valence-corrected chi connectivity index (χ4v) is 2.69. The maximum absolute atomic E-state index is 13.9. The van der Waals surface area contributed by atoms with Crippen LogP contribution in [0.1, 0.15) is 16.7 Å². The molecule has 2 aromatic carbocycles. The molecule has 0 fully saturated rings. The Morgan fingerprint density at radius 3 is 2.41 bits per heavy atom. The molecule has 0 aliphatic rings. The Morgan fingerprint density at radius 2 is 1.74 bits per heavy atom. The normalized spacial score (nSPS) is 11.7. The van der Waals surface area contributed by atoms with Gasteiger partial charge < -0.3 is 5.32 Å². The number of benzene rings is 2. The molecule has 0 radical (unpaired) electrons. The van der Waals surface area contributed by atoms with Crippen LogP contribution in [-0.4, -0.2) is 16.7 Å². The zero-order valence-electron chi connectivity index (χ0n) is 14.1. The van der Waals surface area contributed by atoms with Crippen molar-refractivity contribution in [2.75, 3.05) is 6.54 Å². The van der Waals surface area contributed by atoms with Gasteiger partial charge in [0.2, 0.25) is 0 Å². The van der Waals surface area contributed by atoms with Gasteiger partial charge in [0.25, 0.3) is 0 Å². The summed E-state index contributed by atoms with van der Waals surface area (Å²) in [6.45, 7) is 0.894. The number of H-pyrrole nitrogens is 1. The molecule has 3 nitrogen and oxygen atoms in total. The van der Waals surface area contributed by atoms with Gasteiger partial charge in [-0.05, 0) is 42.8 Å². The number of rotatable bonds is 6. The van der Waals surface area contributed by atoms with Gasteiger partial charge in [-0.3, -0.25) is 5.10 Å². The summed E-state index contributed by atoms with van der Waals surface area (Å²) in [7, 11) is 0. The zero-order chi connectivity index (χ0) is 19.4. The van der Waals surface area contributed by atoms with Crippen molar-refractivity contribution in [2.45, 2.75) is 19.1 Å². The molecule has 0 spiro atoms. The van der Waals surface area contributed by atoms with Crippen molar-refractivity contribution < 1.29 is 22.0 Å². The largest absolute Gasteiger partial charge is 0.416 e. The summed E-state index contributed by atoms with van der Waals surface area (Å²) in [6.07, 6.45) is -2.26. The van der Waals surface area contributed by atoms with Crippen LogP contribution in [-0.2, 0) is 19.1 Å². The first-order chi connectivity index (χ1) is 12.8. The third-order valence-electron chi connectivity index (χ3n) is 4.11. The minimum atomic E-state index is -4.34. The van der Waals surface area contributed by atoms with Gasteiger partial charge in [0.15, 0.2) is 0 Å². The second-order valence-corrected chi connectivity index (χ2v) is 6.02. The van der Waals surface area contributed by atoms with E-state index in [0.29, 0.717) is 30.8 Å². The molecule has 3 aromatic rings. The molecule has 1 heterocycles. The third kappa shape index (κ3) is 4.71. The summed E-state index contributed by atoms with van der Waals surface area (Å²) in [5.74, 6) is -1.35. The van der Waals surface area contributed by atoms with Gasteiger partial charge in [0.05, 0.1) is 17.5 Å². The van der Waals surface area contributed by atoms with Crippen molar-refractivity contribution in [1.29, 1.82) is 0 Å². The van der Waals surface area contributed by atoms with E-state index in [4.69, 9.17) is 0 Å². The first kappa shape index (κ1) is 19.0. The molecule has 142 valence electrons. The maximum Gasteiger partial charge on any atom is 0.416 e. The molecular formula is C19H16F5N3. The van der Waals surface area contributed by atoms with Gasteiger partial charge in [0, 0.05) is 23.7 Å². The van der Waals surface area contributed by atoms with E-state index in [1.165, 1.54) is 24.3 Å². The summed E-state index contributed by atoms with van der Waals surface area (Å²) in [4.78, 5) is 0. The second kappa shape index (κ2) is 7.87. The van der Waals surface area contributed by atoms with Crippen LogP contribution in [0.4, 0.5) is 22.0 Å². The summed E-state index contributed by atoms with van der Waals surface area (Å²) >= 11 is 0. The van der Waals surface area contributed by atoms with Crippen molar-refractivity contribution in [3.63, 3.8) is 0 Å². The Bertz CT molecular complexity index is 900. The van der Waals surface area contributed by atoms with Crippen molar-refractivity contribution in [3.05, 3.63) is 77.0 Å². The SMILES string of the molecule is Fc1ccc(-c2[nH]ncc2CNCCc2ccc(C(F)(F)F)cc2)c(F)c1. The fraction of sp³-hybridized carbons (Fsp3) is 0.211. The average Bonchev–Trinajstić information content (AvgIpc) is 3.06. The molecule has 2 N–H and O–H groups in total. The van der Waals surface area contributed by atoms with Crippen LogP contribution < -0.4 is 5.32 Å². The fourth-order valence-electron chi connectivity index (χ4n) is 2.69. The molecule has 1 aromatic heterocycles. The first-order valence-electron chi connectivity index (χ1n) is 8.19. The van der Waals surface area contributed by atoms with E-state index < -0.39 is 23.4 Å². The Hall–Kier alpha value is -2.74. The van der Waals surface area contributed by atoms with E-state index in [9.17, 15) is 22.0 Å². The monoisotopic (exact) mass is 381 g/mol. The van der Waals surface area contributed by atoms with Crippen molar-refractivity contribution >= 4 is 0 Å². The average molecular weight is 381 g/mol. The van der Waals surface area contributed by atoms with Crippen LogP contribution >= 0.6 is 0 Å². The van der Waals surface area contributed by atoms with Gasteiger partial charge in [-0.15, -0.1) is 0 Å². The number of alkyl halides is 3. The molecule has 0 aliphatic heterocycles. The number of hydrogen-bond donors (Lipinski definition) is 2. The lowest BCUT2D eigenvalue weighted by atomic mass is 10.1. The topological polar surface area (TPSA) is 40.7 Å². The minimum absolute atomic E-state index is 0.216. The van der Waals surface area contributed by atoms with Crippen LogP contribution in [0, 0.1) is 11.6 Å². The van der Waals surface area contributed by atoms with Crippen LogP contribution in [0.15, 0.2) is 48.7 Å². The Labute approximate surface area is 152 Å². The predicted molar refractivity (Wildman–Crippen MR) is 90.8 cm³/mol. The van der Waals surface area contributed by atoms with Gasteiger partial charge in [0.1, 0.15) is 11.6 Å². The van der Waals surface area contributed by atoms with E-state index in [1.807, 2.05) is 0 Å². The first-order valence-corrected chi connectivity index (χ1v) is 8.19. The highest BCUT2D eigenvalue weighted by molar-refractivity contribution is 5.63. The minimum Gasteiger partial charge on any atom is -0.312 e. The lowest BCUT2D eigenvalue weighted by Gasteiger charge is -2.09. The van der Waals surface area contributed by atoms with E-state index in [0.717, 1.165) is 23.8 Å². The number of aromatic amines is 1. The molecular weight excluding hydrogens is 365 g/mol. The molecule has 0 atom stereocenters. The molecule has 0 amide bonds. The van der Waals surface area contributed by atoms with Crippen molar-refractivity contribution in [3.8, 4) is 11.3 Å². The predicted octanol–water partition coefficient (Wildman–Crippen LogP) is 4.71. The van der Waals surface area contributed by atoms with E-state index in [1.54, 1.807) is 6.20 Å². The number of halogens is 5. The van der Waals surface area contributed by atoms with Crippen LogP contribution in [0.25, 0.3) is 11.3 Å². The van der Waals surface area contributed by atoms with Gasteiger partial charge in [-0.2, -0.15) is 18.3 Å². The number of aromatic nitrogens is 2. The molecule has 0 saturated heterocycles. The van der Waals surface area contributed by atoms with E-state index in [2.05, 4.69) is 15.5 Å². The quantitative estimate of drug-likeness (QED) is 0.480. The van der Waals surface area contributed by atoms with Crippen molar-refractivity contribution in [2.24, 2.45) is 0 Å². The molecule has 8 heteroatoms. The Morgan fingerprint density at radius 1 is 1.00 bits per heavy atom. The molecule has 0 bridgehead atoms. The molecule has 27 heavy (non-hydrogen) atoms. The molecule has 0 saturated carbocycles. The van der Waals surface area contributed by atoms with E-state index >= 15 is 0 Å². The number of nitrogens with zero attached hydrogens (tertiary/aromatic N) is 1. The number of hydrogen-bond acceptors (Lipinski definition) is 2. The standard InChI is InChI=1S/C19H16F5N3/c20-15-5-6-16(17(21)9-15)18-13(11-26-27-18)10-25-8-7-12-1-3-14(4-2-12)19(22,23)24/h1-6,9,11,25H,7-8,10H2,(H,26,27). The smallest absolute Gasteiger partial charge is 0.312 e. The van der Waals surface area contributed by atoms with Gasteiger partial charge >= 0.3 is 6.18 Å². The number of nitrogens with one attached hydrogen (secondary N) is 2. The highest BCUT2D eigenvalue weighted by Gasteiger charge is 2.29. The highest BCUT2D eigenvalue weighted by atomic mass is 19.4. The second-order valence-electron chi connectivity index (χ2n) is 6.02. The summed E-state index contributed by atoms with van der Waals surface area (Å²) in [6, 6.07) is 8.31. The van der Waals surface area contributed by atoms with Gasteiger partial charge in [-0.1, -0.05) is 12.1 Å². The van der Waals surface area contributed by atoms with E-state index in [-0.39, 0.29) is 5.56 Å². The van der Waals surface area contributed by atoms with Crippen LogP contribution in [0.2, 0.25) is 0 Å². The van der Waals surface area contributed by atoms with Crippen molar-refractivity contribution in [1.82, 2.24) is 15.5 Å². The maximum atomic E-state index is 13.9. The summed E-state index contributed by atoms with van der Waals surface area (Å²) in [5.41, 5.74) is 1.46. The summed E-state index contributed by atoms with van der Waals surface area (Å²) < 4.78 is 64.6. The Kier molecular flexibility index (Phi) is 5.55. The Balaban J connectivity index is 1.57. The van der Waals surface area contributed by atoms with Crippen LogP contribution in [0.3, 0.4) is 0 Å². The molecule has 3 rings (SSSR count). The lowest BCUT2D eigenvalue weighted by Crippen LogP contribution is -2.17. The molecule has 0 unspecified atom stereocenters. The third-order valence-corrected chi connectivity index (χ3v) is 4.11. The van der Waals surface area contributed by atoms with Crippen LogP contribution in [0.5, 0.6) is 0 Å². The summed E-state index contributed by atoms with van der Waals surface area (Å²) in [5, 5.41) is 9.75. The zero-order valence-corrected chi connectivity index (χ0v) is 14.1. The molecule has 0 aliphatic carbocycles. The highest BCUT2D eigenvalue weighted by Crippen LogP contribution is 2.29.